The fraction of sp³-hybridized carbons (Fsp3) is 0.650. The van der Waals surface area contributed by atoms with Crippen LogP contribution >= 0.6 is 0 Å². The van der Waals surface area contributed by atoms with E-state index >= 15 is 0 Å². The van der Waals surface area contributed by atoms with Gasteiger partial charge in [0.25, 0.3) is 0 Å². The maximum Gasteiger partial charge on any atom is 0.0898 e. The number of aromatic nitrogens is 2. The van der Waals surface area contributed by atoms with Crippen molar-refractivity contribution in [2.24, 2.45) is 11.8 Å². The van der Waals surface area contributed by atoms with Gasteiger partial charge in [0.1, 0.15) is 0 Å². The van der Waals surface area contributed by atoms with E-state index in [1.165, 1.54) is 55.5 Å². The van der Waals surface area contributed by atoms with Gasteiger partial charge in [0.05, 0.1) is 16.9 Å². The highest BCUT2D eigenvalue weighted by molar-refractivity contribution is 5.76. The lowest BCUT2D eigenvalue weighted by Crippen LogP contribution is -2.32. The normalized spacial score (nSPS) is 21.8. The summed E-state index contributed by atoms with van der Waals surface area (Å²) >= 11 is 0. The van der Waals surface area contributed by atoms with Crippen molar-refractivity contribution in [1.82, 2.24) is 9.61 Å². The van der Waals surface area contributed by atoms with E-state index in [2.05, 4.69) is 40.7 Å². The highest BCUT2D eigenvalue weighted by Crippen LogP contribution is 2.35. The molecule has 4 heteroatoms. The average molecular weight is 327 g/mol. The molecule has 2 aromatic heterocycles. The largest absolute Gasteiger partial charge is 0.381 e. The molecule has 1 unspecified atom stereocenters. The molecule has 0 aromatic carbocycles. The van der Waals surface area contributed by atoms with Crippen molar-refractivity contribution in [3.8, 4) is 0 Å². The van der Waals surface area contributed by atoms with Gasteiger partial charge >= 0.3 is 0 Å². The van der Waals surface area contributed by atoms with Gasteiger partial charge in [-0.3, -0.25) is 0 Å². The monoisotopic (exact) mass is 327 g/mol. The number of hydrogen-bond acceptors (Lipinski definition) is 3. The molecule has 2 fully saturated rings. The molecule has 0 radical (unpaired) electrons. The van der Waals surface area contributed by atoms with E-state index < -0.39 is 0 Å². The molecular weight excluding hydrogens is 298 g/mol. The van der Waals surface area contributed by atoms with Crippen molar-refractivity contribution in [1.29, 1.82) is 0 Å². The van der Waals surface area contributed by atoms with Crippen molar-refractivity contribution < 1.29 is 4.74 Å². The first-order chi connectivity index (χ1) is 11.8. The summed E-state index contributed by atoms with van der Waals surface area (Å²) < 4.78 is 7.73. The molecule has 3 heterocycles. The van der Waals surface area contributed by atoms with E-state index in [0.717, 1.165) is 38.0 Å². The van der Waals surface area contributed by atoms with E-state index in [1.54, 1.807) is 0 Å². The molecule has 0 amide bonds. The third kappa shape index (κ3) is 3.44. The van der Waals surface area contributed by atoms with Crippen molar-refractivity contribution in [2.45, 2.75) is 45.4 Å². The fourth-order valence-electron chi connectivity index (χ4n) is 3.95. The molecule has 2 aromatic rings. The second-order valence-corrected chi connectivity index (χ2v) is 7.44. The predicted molar refractivity (Wildman–Crippen MR) is 97.7 cm³/mol. The Morgan fingerprint density at radius 2 is 1.96 bits per heavy atom. The lowest BCUT2D eigenvalue weighted by atomic mass is 9.99. The van der Waals surface area contributed by atoms with Gasteiger partial charge in [-0.05, 0) is 62.5 Å². The summed E-state index contributed by atoms with van der Waals surface area (Å²) in [5, 5.41) is 4.84. The molecule has 1 saturated heterocycles. The number of hydrogen-bond donors (Lipinski definition) is 0. The van der Waals surface area contributed by atoms with Crippen LogP contribution in [0.5, 0.6) is 0 Å². The first-order valence-corrected chi connectivity index (χ1v) is 9.64. The summed E-state index contributed by atoms with van der Waals surface area (Å²) in [5.74, 6) is 1.63. The van der Waals surface area contributed by atoms with Gasteiger partial charge in [0.15, 0.2) is 0 Å². The van der Waals surface area contributed by atoms with Crippen LogP contribution in [0, 0.1) is 11.8 Å². The van der Waals surface area contributed by atoms with E-state index in [-0.39, 0.29) is 0 Å². The Labute approximate surface area is 144 Å². The van der Waals surface area contributed by atoms with Gasteiger partial charge < -0.3 is 9.64 Å². The zero-order valence-electron chi connectivity index (χ0n) is 14.8. The molecule has 130 valence electrons. The zero-order valence-corrected chi connectivity index (χ0v) is 14.8. The van der Waals surface area contributed by atoms with Gasteiger partial charge in [0.2, 0.25) is 0 Å². The molecule has 0 bridgehead atoms. The minimum Gasteiger partial charge on any atom is -0.381 e. The molecule has 1 saturated carbocycles. The van der Waals surface area contributed by atoms with Crippen LogP contribution in [0.2, 0.25) is 0 Å². The molecule has 4 nitrogen and oxygen atoms in total. The molecule has 24 heavy (non-hydrogen) atoms. The number of nitrogens with zero attached hydrogens (tertiary/aromatic N) is 3. The number of anilines is 1. The Kier molecular flexibility index (Phi) is 4.74. The lowest BCUT2D eigenvalue weighted by molar-refractivity contribution is 0.141. The topological polar surface area (TPSA) is 29.8 Å². The second kappa shape index (κ2) is 7.14. The number of fused-ring (bicyclic) bond motifs is 1. The number of pyridine rings is 1. The van der Waals surface area contributed by atoms with Gasteiger partial charge in [-0.25, -0.2) is 4.52 Å². The first-order valence-electron chi connectivity index (χ1n) is 9.64. The van der Waals surface area contributed by atoms with Crippen LogP contribution in [0.4, 0.5) is 5.69 Å². The van der Waals surface area contributed by atoms with E-state index in [1.807, 2.05) is 0 Å². The Morgan fingerprint density at radius 1 is 1.12 bits per heavy atom. The summed E-state index contributed by atoms with van der Waals surface area (Å²) in [6.45, 7) is 6.44. The fourth-order valence-corrected chi connectivity index (χ4v) is 3.95. The van der Waals surface area contributed by atoms with E-state index in [4.69, 9.17) is 9.84 Å². The van der Waals surface area contributed by atoms with Crippen LogP contribution in [0.3, 0.4) is 0 Å². The number of ether oxygens (including phenoxy) is 1. The van der Waals surface area contributed by atoms with Gasteiger partial charge in [-0.15, -0.1) is 0 Å². The second-order valence-electron chi connectivity index (χ2n) is 7.44. The Bertz CT molecular complexity index is 669. The molecular formula is C20H29N3O. The minimum atomic E-state index is 0.745. The van der Waals surface area contributed by atoms with Crippen LogP contribution in [0.15, 0.2) is 24.4 Å². The van der Waals surface area contributed by atoms with E-state index in [9.17, 15) is 0 Å². The maximum absolute atomic E-state index is 5.67. The third-order valence-electron chi connectivity index (χ3n) is 5.46. The molecule has 2 aliphatic rings. The summed E-state index contributed by atoms with van der Waals surface area (Å²) in [6.07, 6.45) is 9.55. The van der Waals surface area contributed by atoms with Gasteiger partial charge in [-0.1, -0.05) is 13.0 Å². The molecule has 1 aliphatic heterocycles. The van der Waals surface area contributed by atoms with Crippen LogP contribution < -0.4 is 4.90 Å². The van der Waals surface area contributed by atoms with Gasteiger partial charge in [0, 0.05) is 32.5 Å². The number of rotatable bonds is 6. The molecule has 1 aliphatic carbocycles. The Morgan fingerprint density at radius 3 is 2.75 bits per heavy atom. The quantitative estimate of drug-likeness (QED) is 0.805. The van der Waals surface area contributed by atoms with Gasteiger partial charge in [-0.2, -0.15) is 5.10 Å². The minimum absolute atomic E-state index is 0.745. The summed E-state index contributed by atoms with van der Waals surface area (Å²) in [5.41, 5.74) is 3.89. The average Bonchev–Trinajstić information content (AvgIpc) is 3.38. The predicted octanol–water partition coefficient (Wildman–Crippen LogP) is 3.93. The molecule has 4 rings (SSSR count). The van der Waals surface area contributed by atoms with Crippen LogP contribution in [0.25, 0.3) is 5.52 Å². The van der Waals surface area contributed by atoms with Crippen molar-refractivity contribution in [3.63, 3.8) is 0 Å². The maximum atomic E-state index is 5.67. The van der Waals surface area contributed by atoms with Crippen molar-refractivity contribution in [2.75, 3.05) is 31.2 Å². The smallest absolute Gasteiger partial charge is 0.0898 e. The molecule has 1 atom stereocenters. The highest BCUT2D eigenvalue weighted by atomic mass is 16.5. The summed E-state index contributed by atoms with van der Waals surface area (Å²) in [6, 6.07) is 6.42. The summed E-state index contributed by atoms with van der Waals surface area (Å²) in [7, 11) is 0. The van der Waals surface area contributed by atoms with Crippen molar-refractivity contribution >= 4 is 11.2 Å². The Hall–Kier alpha value is -1.55. The summed E-state index contributed by atoms with van der Waals surface area (Å²) in [4.78, 5) is 2.66. The van der Waals surface area contributed by atoms with Crippen LogP contribution in [0.1, 0.15) is 44.7 Å². The zero-order chi connectivity index (χ0) is 16.4. The van der Waals surface area contributed by atoms with Crippen LogP contribution in [-0.2, 0) is 11.2 Å². The first kappa shape index (κ1) is 15.9. The van der Waals surface area contributed by atoms with Crippen LogP contribution in [-0.4, -0.2) is 35.9 Å². The highest BCUT2D eigenvalue weighted by Gasteiger charge is 2.29. The molecule has 0 spiro atoms. The lowest BCUT2D eigenvalue weighted by Gasteiger charge is -2.29. The standard InChI is InChI=1S/C20H29N3O/c1-2-18-20(19-7-3-4-11-23(19)21-18)22(15-17-8-9-17)14-16-6-5-12-24-13-10-16/h3-4,7,11,16-17H,2,5-6,8-10,12-15H2,1H3. The Balaban J connectivity index is 1.65. The van der Waals surface area contributed by atoms with E-state index in [0.29, 0.717) is 0 Å². The number of aryl methyl sites for hydroxylation is 1. The SMILES string of the molecule is CCc1nn2ccccc2c1N(CC1CCCOCC1)CC1CC1. The molecule has 0 N–H and O–H groups in total. The third-order valence-corrected chi connectivity index (χ3v) is 5.46. The van der Waals surface area contributed by atoms with Crippen molar-refractivity contribution in [3.05, 3.63) is 30.1 Å².